The Morgan fingerprint density at radius 3 is 2.72 bits per heavy atom. The van der Waals surface area contributed by atoms with E-state index in [4.69, 9.17) is 0 Å². The smallest absolute Gasteiger partial charge is 0.129 e. The van der Waals surface area contributed by atoms with Gasteiger partial charge in [0.15, 0.2) is 0 Å². The van der Waals surface area contributed by atoms with E-state index < -0.39 is 6.04 Å². The van der Waals surface area contributed by atoms with E-state index in [0.717, 1.165) is 23.0 Å². The predicted octanol–water partition coefficient (Wildman–Crippen LogP) is 4.85. The molecular formula is C15H17BrFN. The van der Waals surface area contributed by atoms with Gasteiger partial charge in [0, 0.05) is 15.6 Å². The number of dihydropyridines is 1. The van der Waals surface area contributed by atoms with Crippen LogP contribution >= 0.6 is 15.9 Å². The normalized spacial score (nSPS) is 30.1. The second-order valence-electron chi connectivity index (χ2n) is 5.48. The maximum atomic E-state index is 13.9. The maximum Gasteiger partial charge on any atom is 0.129 e. The molecule has 0 saturated heterocycles. The Balaban J connectivity index is 2.09. The zero-order chi connectivity index (χ0) is 12.8. The minimum atomic E-state index is -0.404. The molecule has 1 nitrogen and oxygen atoms in total. The van der Waals surface area contributed by atoms with Crippen molar-refractivity contribution in [2.24, 2.45) is 10.4 Å². The number of allylic oxidation sites excluding steroid dienone is 4. The van der Waals surface area contributed by atoms with E-state index in [1.165, 1.54) is 24.8 Å². The topological polar surface area (TPSA) is 12.4 Å². The molecule has 1 spiro atoms. The van der Waals surface area contributed by atoms with Crippen LogP contribution in [0.1, 0.15) is 39.0 Å². The SMILES string of the molecule is CC1=NC2C=C(C=C(Br)C=C2F)C12CCCCC2. The zero-order valence-corrected chi connectivity index (χ0v) is 12.1. The maximum absolute atomic E-state index is 13.9. The van der Waals surface area contributed by atoms with Gasteiger partial charge in [0.1, 0.15) is 11.9 Å². The summed E-state index contributed by atoms with van der Waals surface area (Å²) in [5, 5.41) is 0. The first-order valence-electron chi connectivity index (χ1n) is 6.63. The molecule has 0 aromatic heterocycles. The number of fused-ring (bicyclic) bond motifs is 2. The van der Waals surface area contributed by atoms with Crippen LogP contribution in [0, 0.1) is 5.41 Å². The molecule has 1 aliphatic heterocycles. The molecule has 3 rings (SSSR count). The molecule has 1 fully saturated rings. The molecule has 1 unspecified atom stereocenters. The molecule has 3 aliphatic rings. The molecule has 18 heavy (non-hydrogen) atoms. The molecule has 0 aromatic rings. The van der Waals surface area contributed by atoms with Crippen LogP contribution in [0.4, 0.5) is 4.39 Å². The van der Waals surface area contributed by atoms with E-state index in [0.29, 0.717) is 0 Å². The number of aliphatic imine (C=N–C) groups is 1. The molecule has 0 radical (unpaired) electrons. The van der Waals surface area contributed by atoms with Gasteiger partial charge in [-0.05, 0) is 43.6 Å². The molecule has 2 aliphatic carbocycles. The lowest BCUT2D eigenvalue weighted by Gasteiger charge is -2.41. The van der Waals surface area contributed by atoms with Crippen LogP contribution in [0.2, 0.25) is 0 Å². The van der Waals surface area contributed by atoms with E-state index in [1.807, 2.05) is 6.08 Å². The molecule has 2 bridgehead atoms. The van der Waals surface area contributed by atoms with Gasteiger partial charge in [0.05, 0.1) is 0 Å². The summed E-state index contributed by atoms with van der Waals surface area (Å²) in [5.41, 5.74) is 2.45. The largest absolute Gasteiger partial charge is 0.279 e. The summed E-state index contributed by atoms with van der Waals surface area (Å²) in [4.78, 5) is 4.60. The highest BCUT2D eigenvalue weighted by molar-refractivity contribution is 9.11. The monoisotopic (exact) mass is 309 g/mol. The number of rotatable bonds is 0. The predicted molar refractivity (Wildman–Crippen MR) is 76.7 cm³/mol. The number of nitrogens with zero attached hydrogens (tertiary/aromatic N) is 1. The van der Waals surface area contributed by atoms with Crippen molar-refractivity contribution in [2.75, 3.05) is 0 Å². The highest BCUT2D eigenvalue weighted by Gasteiger charge is 2.41. The van der Waals surface area contributed by atoms with Gasteiger partial charge in [-0.25, -0.2) is 4.39 Å². The summed E-state index contributed by atoms with van der Waals surface area (Å²) < 4.78 is 14.8. The van der Waals surface area contributed by atoms with Gasteiger partial charge in [-0.2, -0.15) is 0 Å². The third kappa shape index (κ3) is 1.83. The molecule has 0 aromatic carbocycles. The summed E-state index contributed by atoms with van der Waals surface area (Å²) in [7, 11) is 0. The van der Waals surface area contributed by atoms with Crippen molar-refractivity contribution in [3.8, 4) is 0 Å². The van der Waals surface area contributed by atoms with Crippen LogP contribution in [-0.4, -0.2) is 11.8 Å². The second-order valence-corrected chi connectivity index (χ2v) is 6.40. The molecule has 1 atom stereocenters. The quantitative estimate of drug-likeness (QED) is 0.606. The van der Waals surface area contributed by atoms with Crippen LogP contribution in [0.3, 0.4) is 0 Å². The summed E-state index contributed by atoms with van der Waals surface area (Å²) in [5.74, 6) is -0.168. The third-order valence-electron chi connectivity index (χ3n) is 4.47. The highest BCUT2D eigenvalue weighted by Crippen LogP contribution is 2.48. The van der Waals surface area contributed by atoms with Crippen LogP contribution in [-0.2, 0) is 0 Å². The van der Waals surface area contributed by atoms with Gasteiger partial charge in [-0.3, -0.25) is 4.99 Å². The Hall–Kier alpha value is -0.700. The van der Waals surface area contributed by atoms with Crippen molar-refractivity contribution in [3.63, 3.8) is 0 Å². The van der Waals surface area contributed by atoms with Crippen molar-refractivity contribution in [2.45, 2.75) is 45.1 Å². The van der Waals surface area contributed by atoms with Crippen LogP contribution in [0.5, 0.6) is 0 Å². The number of hydrogen-bond donors (Lipinski definition) is 0. The molecule has 96 valence electrons. The summed E-state index contributed by atoms with van der Waals surface area (Å²) in [6.45, 7) is 2.08. The van der Waals surface area contributed by atoms with E-state index in [2.05, 4.69) is 33.9 Å². The first kappa shape index (κ1) is 12.3. The van der Waals surface area contributed by atoms with Crippen molar-refractivity contribution in [1.29, 1.82) is 0 Å². The molecular weight excluding hydrogens is 293 g/mol. The molecule has 3 heteroatoms. The minimum absolute atomic E-state index is 0.0756. The third-order valence-corrected chi connectivity index (χ3v) is 4.93. The summed E-state index contributed by atoms with van der Waals surface area (Å²) in [6, 6.07) is -0.404. The number of hydrogen-bond acceptors (Lipinski definition) is 1. The van der Waals surface area contributed by atoms with Gasteiger partial charge in [-0.15, -0.1) is 0 Å². The van der Waals surface area contributed by atoms with Crippen LogP contribution in [0.15, 0.2) is 39.1 Å². The lowest BCUT2D eigenvalue weighted by Crippen LogP contribution is -2.37. The average molecular weight is 310 g/mol. The Morgan fingerprint density at radius 2 is 2.00 bits per heavy atom. The Bertz CT molecular complexity index is 493. The van der Waals surface area contributed by atoms with Gasteiger partial charge in [-0.1, -0.05) is 35.2 Å². The van der Waals surface area contributed by atoms with Crippen molar-refractivity contribution < 1.29 is 4.39 Å². The fourth-order valence-electron chi connectivity index (χ4n) is 3.45. The van der Waals surface area contributed by atoms with E-state index >= 15 is 0 Å². The fraction of sp³-hybridized carbons (Fsp3) is 0.533. The zero-order valence-electron chi connectivity index (χ0n) is 10.5. The minimum Gasteiger partial charge on any atom is -0.279 e. The molecule has 0 N–H and O–H groups in total. The molecule has 0 amide bonds. The summed E-state index contributed by atoms with van der Waals surface area (Å²) in [6.07, 6.45) is 11.8. The Labute approximate surface area is 116 Å². The van der Waals surface area contributed by atoms with Crippen LogP contribution < -0.4 is 0 Å². The Kier molecular flexibility index (Phi) is 3.05. The summed E-state index contributed by atoms with van der Waals surface area (Å²) >= 11 is 3.44. The van der Waals surface area contributed by atoms with E-state index in [1.54, 1.807) is 6.08 Å². The van der Waals surface area contributed by atoms with Gasteiger partial charge >= 0.3 is 0 Å². The van der Waals surface area contributed by atoms with E-state index in [-0.39, 0.29) is 11.2 Å². The van der Waals surface area contributed by atoms with E-state index in [9.17, 15) is 4.39 Å². The van der Waals surface area contributed by atoms with Gasteiger partial charge in [0.25, 0.3) is 0 Å². The van der Waals surface area contributed by atoms with Crippen LogP contribution in [0.25, 0.3) is 0 Å². The second kappa shape index (κ2) is 4.44. The highest BCUT2D eigenvalue weighted by atomic mass is 79.9. The molecule has 1 heterocycles. The lowest BCUT2D eigenvalue weighted by molar-refractivity contribution is 0.331. The van der Waals surface area contributed by atoms with Crippen molar-refractivity contribution in [3.05, 3.63) is 34.1 Å². The lowest BCUT2D eigenvalue weighted by atomic mass is 9.65. The Morgan fingerprint density at radius 1 is 1.28 bits per heavy atom. The fourth-order valence-corrected chi connectivity index (χ4v) is 3.91. The number of halogens is 2. The van der Waals surface area contributed by atoms with Gasteiger partial charge < -0.3 is 0 Å². The van der Waals surface area contributed by atoms with Gasteiger partial charge in [0.2, 0.25) is 0 Å². The first-order valence-corrected chi connectivity index (χ1v) is 7.43. The van der Waals surface area contributed by atoms with Crippen molar-refractivity contribution >= 4 is 21.6 Å². The average Bonchev–Trinajstić information content (AvgIpc) is 2.47. The van der Waals surface area contributed by atoms with Crippen molar-refractivity contribution in [1.82, 2.24) is 0 Å². The first-order chi connectivity index (χ1) is 8.62. The standard InChI is InChI=1S/C15H17BrFN/c1-10-15(5-3-2-4-6-15)11-7-12(16)9-13(17)14(8-11)18-10/h7-9,14H,2-6H2,1H3. The molecule has 1 saturated carbocycles.